The molecule has 0 saturated carbocycles. The molecule has 3 nitrogen and oxygen atoms in total. The molecule has 0 aromatic heterocycles. The third-order valence-electron chi connectivity index (χ3n) is 6.26. The fraction of sp³-hybridized carbons (Fsp3) is 0.852. The standard InChI is InChI=1S/C27H49NO2/c1-4-5-6-7-8-9-10-11-12-13-14-15-16-17-18-19-20-28-23-24-25(29)21-27(2,3)22-26(24)30/h23,29H,4-22H2,1-3H3. The molecule has 0 aliphatic heterocycles. The van der Waals surface area contributed by atoms with Crippen LogP contribution in [0.5, 0.6) is 0 Å². The molecular weight excluding hydrogens is 370 g/mol. The minimum absolute atomic E-state index is 0.0273. The molecule has 0 fully saturated rings. The number of aliphatic hydroxyl groups is 1. The number of aliphatic imine (C=N–C) groups is 1. The van der Waals surface area contributed by atoms with Crippen molar-refractivity contribution in [3.8, 4) is 0 Å². The fourth-order valence-electron chi connectivity index (χ4n) is 4.36. The van der Waals surface area contributed by atoms with Crippen molar-refractivity contribution in [2.45, 2.75) is 136 Å². The van der Waals surface area contributed by atoms with Gasteiger partial charge in [-0.3, -0.25) is 9.79 Å². The first-order chi connectivity index (χ1) is 14.5. The van der Waals surface area contributed by atoms with Crippen molar-refractivity contribution in [2.24, 2.45) is 10.4 Å². The SMILES string of the molecule is CCCCCCCCCCCCCCCCCCN=CC1=C(O)CC(C)(C)CC1=O. The Bertz CT molecular complexity index is 519. The van der Waals surface area contributed by atoms with Gasteiger partial charge >= 0.3 is 0 Å². The van der Waals surface area contributed by atoms with Crippen LogP contribution in [0.4, 0.5) is 0 Å². The van der Waals surface area contributed by atoms with Crippen molar-refractivity contribution in [3.63, 3.8) is 0 Å². The van der Waals surface area contributed by atoms with E-state index in [0.717, 1.165) is 13.0 Å². The summed E-state index contributed by atoms with van der Waals surface area (Å²) in [6, 6.07) is 0. The quantitative estimate of drug-likeness (QED) is 0.179. The molecule has 30 heavy (non-hydrogen) atoms. The fourth-order valence-corrected chi connectivity index (χ4v) is 4.36. The molecule has 0 radical (unpaired) electrons. The Morgan fingerprint density at radius 1 is 0.767 bits per heavy atom. The first-order valence-electron chi connectivity index (χ1n) is 12.9. The maximum Gasteiger partial charge on any atom is 0.168 e. The first kappa shape index (κ1) is 26.9. The van der Waals surface area contributed by atoms with Crippen LogP contribution >= 0.6 is 0 Å². The predicted molar refractivity (Wildman–Crippen MR) is 131 cm³/mol. The monoisotopic (exact) mass is 419 g/mol. The number of carbonyl (C=O) groups excluding carboxylic acids is 1. The zero-order valence-electron chi connectivity index (χ0n) is 20.3. The molecule has 0 heterocycles. The molecule has 1 aliphatic carbocycles. The van der Waals surface area contributed by atoms with Gasteiger partial charge in [0, 0.05) is 25.6 Å². The smallest absolute Gasteiger partial charge is 0.168 e. The van der Waals surface area contributed by atoms with Gasteiger partial charge < -0.3 is 5.11 Å². The van der Waals surface area contributed by atoms with Crippen LogP contribution in [-0.2, 0) is 4.79 Å². The molecule has 0 bridgehead atoms. The largest absolute Gasteiger partial charge is 0.511 e. The number of unbranched alkanes of at least 4 members (excludes halogenated alkanes) is 15. The summed E-state index contributed by atoms with van der Waals surface area (Å²) < 4.78 is 0. The highest BCUT2D eigenvalue weighted by molar-refractivity contribution is 6.14. The molecule has 0 aromatic carbocycles. The van der Waals surface area contributed by atoms with Gasteiger partial charge in [0.05, 0.1) is 5.57 Å². The second kappa shape index (κ2) is 16.6. The molecule has 0 unspecified atom stereocenters. The van der Waals surface area contributed by atoms with E-state index in [1.54, 1.807) is 6.21 Å². The summed E-state index contributed by atoms with van der Waals surface area (Å²) in [5.41, 5.74) is 0.303. The third-order valence-corrected chi connectivity index (χ3v) is 6.26. The number of aliphatic hydroxyl groups excluding tert-OH is 1. The number of nitrogens with zero attached hydrogens (tertiary/aromatic N) is 1. The van der Waals surface area contributed by atoms with Crippen molar-refractivity contribution < 1.29 is 9.90 Å². The number of ketones is 1. The Morgan fingerprint density at radius 2 is 1.20 bits per heavy atom. The molecular formula is C27H49NO2. The van der Waals surface area contributed by atoms with E-state index in [9.17, 15) is 9.90 Å². The zero-order valence-corrected chi connectivity index (χ0v) is 20.3. The Balaban J connectivity index is 1.89. The van der Waals surface area contributed by atoms with Crippen LogP contribution in [0.2, 0.25) is 0 Å². The van der Waals surface area contributed by atoms with Gasteiger partial charge in [0.1, 0.15) is 5.76 Å². The Kier molecular flexibility index (Phi) is 14.9. The summed E-state index contributed by atoms with van der Waals surface area (Å²) in [5.74, 6) is 0.242. The molecule has 174 valence electrons. The van der Waals surface area contributed by atoms with E-state index in [1.165, 1.54) is 96.3 Å². The maximum atomic E-state index is 12.1. The first-order valence-corrected chi connectivity index (χ1v) is 12.9. The topological polar surface area (TPSA) is 49.7 Å². The predicted octanol–water partition coefficient (Wildman–Crippen LogP) is 8.52. The van der Waals surface area contributed by atoms with Crippen LogP contribution in [0, 0.1) is 5.41 Å². The van der Waals surface area contributed by atoms with Crippen LogP contribution < -0.4 is 0 Å². The number of carbonyl (C=O) groups is 1. The van der Waals surface area contributed by atoms with Crippen LogP contribution in [0.15, 0.2) is 16.3 Å². The zero-order chi connectivity index (χ0) is 22.1. The molecule has 1 N–H and O–H groups in total. The van der Waals surface area contributed by atoms with Crippen LogP contribution in [0.3, 0.4) is 0 Å². The average Bonchev–Trinajstić information content (AvgIpc) is 2.68. The highest BCUT2D eigenvalue weighted by Gasteiger charge is 2.32. The van der Waals surface area contributed by atoms with Gasteiger partial charge in [-0.25, -0.2) is 0 Å². The molecule has 0 atom stereocenters. The number of hydrogen-bond acceptors (Lipinski definition) is 3. The second-order valence-corrected chi connectivity index (χ2v) is 10.1. The summed E-state index contributed by atoms with van der Waals surface area (Å²) in [7, 11) is 0. The summed E-state index contributed by atoms with van der Waals surface area (Å²) in [6.45, 7) is 7.08. The number of allylic oxidation sites excluding steroid dienone is 2. The normalized spacial score (nSPS) is 16.7. The van der Waals surface area contributed by atoms with Gasteiger partial charge in [0.2, 0.25) is 0 Å². The maximum absolute atomic E-state index is 12.1. The van der Waals surface area contributed by atoms with E-state index in [-0.39, 0.29) is 17.0 Å². The van der Waals surface area contributed by atoms with E-state index >= 15 is 0 Å². The third kappa shape index (κ3) is 13.2. The van der Waals surface area contributed by atoms with Crippen molar-refractivity contribution >= 4 is 12.0 Å². The lowest BCUT2D eigenvalue weighted by Gasteiger charge is -2.28. The van der Waals surface area contributed by atoms with Gasteiger partial charge in [-0.05, 0) is 11.8 Å². The van der Waals surface area contributed by atoms with Crippen LogP contribution in [0.1, 0.15) is 136 Å². The molecule has 1 rings (SSSR count). The van der Waals surface area contributed by atoms with Crippen molar-refractivity contribution in [1.29, 1.82) is 0 Å². The summed E-state index contributed by atoms with van der Waals surface area (Å²) in [4.78, 5) is 16.5. The van der Waals surface area contributed by atoms with Gasteiger partial charge in [-0.1, -0.05) is 117 Å². The Labute approximate surface area is 186 Å². The lowest BCUT2D eigenvalue weighted by Crippen LogP contribution is -2.26. The molecule has 0 spiro atoms. The van der Waals surface area contributed by atoms with E-state index in [0.29, 0.717) is 18.4 Å². The number of Topliss-reactive ketones (excluding diaryl/α,β-unsaturated/α-hetero) is 1. The van der Waals surface area contributed by atoms with Crippen LogP contribution in [0.25, 0.3) is 0 Å². The van der Waals surface area contributed by atoms with Crippen molar-refractivity contribution in [1.82, 2.24) is 0 Å². The van der Waals surface area contributed by atoms with Gasteiger partial charge in [-0.15, -0.1) is 0 Å². The Morgan fingerprint density at radius 3 is 1.63 bits per heavy atom. The van der Waals surface area contributed by atoms with Gasteiger partial charge in [-0.2, -0.15) is 0 Å². The van der Waals surface area contributed by atoms with Gasteiger partial charge in [0.15, 0.2) is 5.78 Å². The second-order valence-electron chi connectivity index (χ2n) is 10.1. The van der Waals surface area contributed by atoms with Crippen LogP contribution in [-0.4, -0.2) is 23.6 Å². The van der Waals surface area contributed by atoms with Crippen molar-refractivity contribution in [2.75, 3.05) is 6.54 Å². The number of hydrogen-bond donors (Lipinski definition) is 1. The molecule has 0 aromatic rings. The highest BCUT2D eigenvalue weighted by atomic mass is 16.3. The Hall–Kier alpha value is -1.12. The highest BCUT2D eigenvalue weighted by Crippen LogP contribution is 2.35. The molecule has 0 saturated heterocycles. The lowest BCUT2D eigenvalue weighted by molar-refractivity contribution is -0.117. The summed E-state index contributed by atoms with van der Waals surface area (Å²) >= 11 is 0. The van der Waals surface area contributed by atoms with Gasteiger partial charge in [0.25, 0.3) is 0 Å². The van der Waals surface area contributed by atoms with Crippen molar-refractivity contribution in [3.05, 3.63) is 11.3 Å². The van der Waals surface area contributed by atoms with E-state index in [2.05, 4.69) is 11.9 Å². The minimum atomic E-state index is -0.133. The average molecular weight is 420 g/mol. The summed E-state index contributed by atoms with van der Waals surface area (Å²) in [6.07, 6.45) is 24.5. The lowest BCUT2D eigenvalue weighted by atomic mass is 9.77. The van der Waals surface area contributed by atoms with E-state index in [1.807, 2.05) is 13.8 Å². The van der Waals surface area contributed by atoms with E-state index in [4.69, 9.17) is 0 Å². The minimum Gasteiger partial charge on any atom is -0.511 e. The summed E-state index contributed by atoms with van der Waals surface area (Å²) in [5, 5.41) is 10.1. The molecule has 0 amide bonds. The number of rotatable bonds is 18. The van der Waals surface area contributed by atoms with E-state index < -0.39 is 0 Å². The molecule has 1 aliphatic rings. The molecule has 3 heteroatoms.